The molecule has 5 radical (unpaired) electrons. The summed E-state index contributed by atoms with van der Waals surface area (Å²) in [5.74, 6) is 0. The van der Waals surface area contributed by atoms with Crippen molar-refractivity contribution < 1.29 is 0 Å². The second kappa shape index (κ2) is 5.09. The molecule has 0 N–H and O–H groups in total. The van der Waals surface area contributed by atoms with E-state index in [1.54, 1.807) is 0 Å². The van der Waals surface area contributed by atoms with E-state index < -0.39 is 7.59 Å². The molecule has 0 fully saturated rings. The van der Waals surface area contributed by atoms with Crippen LogP contribution < -0.4 is 0 Å². The minimum absolute atomic E-state index is 0.932. The van der Waals surface area contributed by atoms with Gasteiger partial charge in [-0.1, -0.05) is 49.0 Å². The lowest BCUT2D eigenvalue weighted by atomic mass is 10.1. The molecule has 0 saturated heterocycles. The van der Waals surface area contributed by atoms with Gasteiger partial charge < -0.3 is 0 Å². The fraction of sp³-hybridized carbons (Fsp3) is 0.455. The van der Waals surface area contributed by atoms with E-state index >= 15 is 0 Å². The van der Waals surface area contributed by atoms with Gasteiger partial charge in [0, 0.05) is 25.9 Å². The molecule has 0 spiro atoms. The summed E-state index contributed by atoms with van der Waals surface area (Å²) in [6.07, 6.45) is 1.25. The largest absolute Gasteiger partial charge is 0.0719 e. The Labute approximate surface area is 94.0 Å². The van der Waals surface area contributed by atoms with Crippen molar-refractivity contribution in [1.29, 1.82) is 0 Å². The molecule has 0 saturated carbocycles. The number of hydrogen-bond acceptors (Lipinski definition) is 0. The maximum Gasteiger partial charge on any atom is 0.0323 e. The van der Waals surface area contributed by atoms with E-state index in [0.29, 0.717) is 0 Å². The van der Waals surface area contributed by atoms with E-state index in [0.717, 1.165) is 8.55 Å². The summed E-state index contributed by atoms with van der Waals surface area (Å²) >= 11 is 0. The lowest BCUT2D eigenvalue weighted by molar-refractivity contribution is 1.10. The smallest absolute Gasteiger partial charge is 0.0323 e. The molecule has 1 rings (SSSR count). The van der Waals surface area contributed by atoms with E-state index in [1.165, 1.54) is 23.6 Å². The standard InChI is InChI=1S/C11H17Si3/c1-10-4-6-11(7-5-10)8-9-14(2,3)13-12/h4-7H,8-9H2,1-3H3. The van der Waals surface area contributed by atoms with Crippen LogP contribution in [0.25, 0.3) is 0 Å². The summed E-state index contributed by atoms with van der Waals surface area (Å²) in [5, 5.41) is 0. The Morgan fingerprint density at radius 2 is 1.79 bits per heavy atom. The first-order chi connectivity index (χ1) is 6.53. The Morgan fingerprint density at radius 1 is 1.21 bits per heavy atom. The zero-order chi connectivity index (χ0) is 10.6. The Kier molecular flexibility index (Phi) is 4.34. The normalized spacial score (nSPS) is 11.7. The maximum atomic E-state index is 3.69. The van der Waals surface area contributed by atoms with Crippen molar-refractivity contribution in [2.24, 2.45) is 0 Å². The van der Waals surface area contributed by atoms with Gasteiger partial charge in [-0.15, -0.1) is 0 Å². The summed E-state index contributed by atoms with van der Waals surface area (Å²) < 4.78 is 0. The van der Waals surface area contributed by atoms with Crippen LogP contribution in [-0.4, -0.2) is 25.9 Å². The van der Waals surface area contributed by atoms with E-state index in [1.807, 2.05) is 0 Å². The zero-order valence-corrected chi connectivity index (χ0v) is 12.2. The third-order valence-corrected chi connectivity index (χ3v) is 13.5. The first-order valence-electron chi connectivity index (χ1n) is 5.03. The second-order valence-corrected chi connectivity index (χ2v) is 16.1. The summed E-state index contributed by atoms with van der Waals surface area (Å²) in [5.41, 5.74) is 2.84. The topological polar surface area (TPSA) is 0 Å². The van der Waals surface area contributed by atoms with Crippen LogP contribution in [0.15, 0.2) is 24.3 Å². The van der Waals surface area contributed by atoms with Gasteiger partial charge in [-0.2, -0.15) is 0 Å². The van der Waals surface area contributed by atoms with Crippen LogP contribution in [0.3, 0.4) is 0 Å². The lowest BCUT2D eigenvalue weighted by Crippen LogP contribution is -2.35. The zero-order valence-electron chi connectivity index (χ0n) is 9.22. The molecule has 0 unspecified atom stereocenters. The van der Waals surface area contributed by atoms with Crippen LogP contribution in [0, 0.1) is 6.92 Å². The van der Waals surface area contributed by atoms with Crippen LogP contribution in [0.4, 0.5) is 0 Å². The highest BCUT2D eigenvalue weighted by Crippen LogP contribution is 2.13. The molecule has 0 aliphatic heterocycles. The fourth-order valence-electron chi connectivity index (χ4n) is 1.27. The first kappa shape index (κ1) is 11.9. The lowest BCUT2D eigenvalue weighted by Gasteiger charge is -2.19. The Hall–Kier alpha value is -0.129. The van der Waals surface area contributed by atoms with Gasteiger partial charge in [0.25, 0.3) is 0 Å². The average molecular weight is 234 g/mol. The number of benzene rings is 1. The molecule has 73 valence electrons. The van der Waals surface area contributed by atoms with E-state index in [-0.39, 0.29) is 0 Å². The third-order valence-electron chi connectivity index (χ3n) is 2.50. The molecule has 0 atom stereocenters. The molecule has 0 aliphatic carbocycles. The van der Waals surface area contributed by atoms with Gasteiger partial charge in [-0.3, -0.25) is 0 Å². The molecule has 3 heteroatoms. The fourth-order valence-corrected chi connectivity index (χ4v) is 4.19. The molecule has 14 heavy (non-hydrogen) atoms. The monoisotopic (exact) mass is 233 g/mol. The molecular formula is C11H17Si3. The van der Waals surface area contributed by atoms with Crippen LogP contribution in [0.5, 0.6) is 0 Å². The predicted octanol–water partition coefficient (Wildman–Crippen LogP) is 2.53. The van der Waals surface area contributed by atoms with Crippen molar-refractivity contribution >= 4 is 25.9 Å². The minimum Gasteiger partial charge on any atom is -0.0719 e. The van der Waals surface area contributed by atoms with Crippen molar-refractivity contribution in [3.8, 4) is 0 Å². The molecule has 1 aromatic rings. The van der Waals surface area contributed by atoms with Crippen LogP contribution in [0.2, 0.25) is 19.1 Å². The highest BCUT2D eigenvalue weighted by molar-refractivity contribution is 7.39. The number of aryl methyl sites for hydroxylation is 2. The summed E-state index contributed by atoms with van der Waals surface area (Å²) in [6.45, 7) is 7.04. The van der Waals surface area contributed by atoms with Crippen molar-refractivity contribution in [1.82, 2.24) is 0 Å². The molecule has 0 amide bonds. The molecule has 0 bridgehead atoms. The molecule has 0 aromatic heterocycles. The van der Waals surface area contributed by atoms with Gasteiger partial charge in [0.1, 0.15) is 0 Å². The summed E-state index contributed by atoms with van der Waals surface area (Å²) in [6, 6.07) is 10.3. The average Bonchev–Trinajstić information content (AvgIpc) is 2.17. The summed E-state index contributed by atoms with van der Waals surface area (Å²) in [4.78, 5) is 0. The van der Waals surface area contributed by atoms with Crippen LogP contribution in [-0.2, 0) is 6.42 Å². The van der Waals surface area contributed by atoms with E-state index in [4.69, 9.17) is 0 Å². The van der Waals surface area contributed by atoms with E-state index in [9.17, 15) is 0 Å². The van der Waals surface area contributed by atoms with Crippen LogP contribution in [0.1, 0.15) is 11.1 Å². The number of hydrogen-bond donors (Lipinski definition) is 0. The van der Waals surface area contributed by atoms with Crippen LogP contribution >= 0.6 is 0 Å². The van der Waals surface area contributed by atoms with Crippen molar-refractivity contribution in [3.05, 3.63) is 35.4 Å². The summed E-state index contributed by atoms with van der Waals surface area (Å²) in [7, 11) is 3.74. The quantitative estimate of drug-likeness (QED) is 0.701. The molecule has 0 nitrogen and oxygen atoms in total. The van der Waals surface area contributed by atoms with E-state index in [2.05, 4.69) is 54.0 Å². The van der Waals surface area contributed by atoms with Gasteiger partial charge in [0.2, 0.25) is 0 Å². The van der Waals surface area contributed by atoms with Crippen molar-refractivity contribution in [2.45, 2.75) is 32.5 Å². The highest BCUT2D eigenvalue weighted by Gasteiger charge is 2.17. The first-order valence-corrected chi connectivity index (χ1v) is 11.7. The van der Waals surface area contributed by atoms with Crippen molar-refractivity contribution in [3.63, 3.8) is 0 Å². The van der Waals surface area contributed by atoms with Gasteiger partial charge in [-0.05, 0) is 18.9 Å². The third kappa shape index (κ3) is 3.94. The molecule has 1 aromatic carbocycles. The number of rotatable bonds is 4. The van der Waals surface area contributed by atoms with Gasteiger partial charge in [0.15, 0.2) is 0 Å². The van der Waals surface area contributed by atoms with Gasteiger partial charge in [0.05, 0.1) is 0 Å². The Bertz CT molecular complexity index is 277. The van der Waals surface area contributed by atoms with Crippen molar-refractivity contribution in [2.75, 3.05) is 0 Å². The predicted molar refractivity (Wildman–Crippen MR) is 68.7 cm³/mol. The molecule has 0 heterocycles. The van der Waals surface area contributed by atoms with Gasteiger partial charge in [-0.25, -0.2) is 0 Å². The maximum absolute atomic E-state index is 3.69. The molecule has 0 aliphatic rings. The SMILES string of the molecule is Cc1ccc(CC[Si](C)(C)[Si][Si])cc1. The Morgan fingerprint density at radius 3 is 2.29 bits per heavy atom. The Balaban J connectivity index is 2.50. The van der Waals surface area contributed by atoms with Gasteiger partial charge >= 0.3 is 0 Å². The highest BCUT2D eigenvalue weighted by atomic mass is 29.5. The molecular weight excluding hydrogens is 216 g/mol. The second-order valence-electron chi connectivity index (χ2n) is 4.49. The minimum atomic E-state index is -0.932.